The van der Waals surface area contributed by atoms with E-state index in [-0.39, 0.29) is 23.3 Å². The average molecular weight is 706 g/mol. The molecule has 45 heavy (non-hydrogen) atoms. The number of carbonyl (C=O) groups is 1. The number of benzene rings is 2. The highest BCUT2D eigenvalue weighted by Crippen LogP contribution is 2.36. The van der Waals surface area contributed by atoms with Gasteiger partial charge in [0.2, 0.25) is 0 Å². The standard InChI is InChI=1S/C32H25BrN4O6S2/c1-4-42-29(40)25-26(18-8-6-5-7-9-18)36-32-37(27(25)19-10-12-20(41-3)13-11-19)28(39)23(44-32)16-21-15-22(33)30(43-21)45-31-34-17(2)14-24(38)35-31/h5-16,27H,4H2,1-3H3,(H,34,35,38)/b23-16+/t27-/m0/s1. The van der Waals surface area contributed by atoms with Crippen LogP contribution in [0.1, 0.15) is 35.5 Å². The Kier molecular flexibility index (Phi) is 8.74. The van der Waals surface area contributed by atoms with E-state index in [0.29, 0.717) is 52.5 Å². The number of aromatic nitrogens is 3. The molecule has 1 N–H and O–H groups in total. The van der Waals surface area contributed by atoms with Crippen molar-refractivity contribution in [1.29, 1.82) is 0 Å². The molecule has 1 atom stereocenters. The number of aryl methyl sites for hydroxylation is 1. The van der Waals surface area contributed by atoms with E-state index in [1.807, 2.05) is 42.5 Å². The first-order chi connectivity index (χ1) is 21.7. The van der Waals surface area contributed by atoms with Gasteiger partial charge in [0.25, 0.3) is 11.1 Å². The Morgan fingerprint density at radius 1 is 1.16 bits per heavy atom. The van der Waals surface area contributed by atoms with Crippen molar-refractivity contribution in [1.82, 2.24) is 14.5 Å². The third-order valence-corrected chi connectivity index (χ3v) is 9.50. The number of thiazole rings is 1. The average Bonchev–Trinajstić information content (AvgIpc) is 3.53. The molecule has 0 saturated carbocycles. The molecule has 0 aliphatic carbocycles. The molecule has 1 aliphatic rings. The molecule has 0 saturated heterocycles. The van der Waals surface area contributed by atoms with E-state index in [4.69, 9.17) is 18.9 Å². The smallest absolute Gasteiger partial charge is 0.338 e. The number of ether oxygens (including phenoxy) is 2. The summed E-state index contributed by atoms with van der Waals surface area (Å²) in [6.45, 7) is 3.63. The van der Waals surface area contributed by atoms with Crippen molar-refractivity contribution >= 4 is 56.8 Å². The summed E-state index contributed by atoms with van der Waals surface area (Å²) in [5.74, 6) is 0.478. The highest BCUT2D eigenvalue weighted by molar-refractivity contribution is 9.10. The van der Waals surface area contributed by atoms with E-state index in [1.54, 1.807) is 45.2 Å². The van der Waals surface area contributed by atoms with Gasteiger partial charge in [-0.05, 0) is 65.3 Å². The van der Waals surface area contributed by atoms with Gasteiger partial charge in [-0.3, -0.25) is 14.2 Å². The number of hydrogen-bond acceptors (Lipinski definition) is 10. The number of aromatic amines is 1. The van der Waals surface area contributed by atoms with Crippen LogP contribution in [0.2, 0.25) is 0 Å². The van der Waals surface area contributed by atoms with E-state index in [0.717, 1.165) is 17.3 Å². The fourth-order valence-electron chi connectivity index (χ4n) is 4.87. The second-order valence-electron chi connectivity index (χ2n) is 9.78. The number of nitrogens with one attached hydrogen (secondary N) is 1. The molecule has 2 aromatic carbocycles. The molecule has 4 heterocycles. The van der Waals surface area contributed by atoms with Crippen molar-refractivity contribution in [3.8, 4) is 5.75 Å². The van der Waals surface area contributed by atoms with E-state index < -0.39 is 12.0 Å². The Balaban J connectivity index is 1.52. The lowest BCUT2D eigenvalue weighted by Crippen LogP contribution is -2.40. The monoisotopic (exact) mass is 704 g/mol. The first-order valence-electron chi connectivity index (χ1n) is 13.7. The lowest BCUT2D eigenvalue weighted by atomic mass is 9.93. The predicted molar refractivity (Wildman–Crippen MR) is 174 cm³/mol. The van der Waals surface area contributed by atoms with Gasteiger partial charge in [0.15, 0.2) is 15.1 Å². The molecule has 10 nitrogen and oxygen atoms in total. The normalized spacial score (nSPS) is 14.7. The Labute approximate surface area is 272 Å². The van der Waals surface area contributed by atoms with E-state index in [2.05, 4.69) is 25.9 Å². The Morgan fingerprint density at radius 2 is 1.91 bits per heavy atom. The number of halogens is 1. The van der Waals surface area contributed by atoms with Gasteiger partial charge in [-0.15, -0.1) is 0 Å². The van der Waals surface area contributed by atoms with Gasteiger partial charge < -0.3 is 18.9 Å². The molecule has 5 aromatic rings. The molecule has 228 valence electrons. The molecule has 3 aromatic heterocycles. The molecule has 0 radical (unpaired) electrons. The minimum Gasteiger partial charge on any atom is -0.497 e. The zero-order valence-electron chi connectivity index (χ0n) is 24.2. The van der Waals surface area contributed by atoms with Gasteiger partial charge in [0, 0.05) is 23.4 Å². The fourth-order valence-corrected chi connectivity index (χ4v) is 7.21. The summed E-state index contributed by atoms with van der Waals surface area (Å²) in [4.78, 5) is 51.9. The maximum Gasteiger partial charge on any atom is 0.338 e. The minimum atomic E-state index is -0.817. The van der Waals surface area contributed by atoms with Crippen molar-refractivity contribution < 1.29 is 18.7 Å². The highest BCUT2D eigenvalue weighted by atomic mass is 79.9. The maximum atomic E-state index is 14.1. The number of H-pyrrole nitrogens is 1. The first kappa shape index (κ1) is 30.6. The van der Waals surface area contributed by atoms with Crippen molar-refractivity contribution in [2.75, 3.05) is 13.7 Å². The van der Waals surface area contributed by atoms with Crippen LogP contribution in [0.3, 0.4) is 0 Å². The van der Waals surface area contributed by atoms with Crippen LogP contribution in [0.25, 0.3) is 11.8 Å². The van der Waals surface area contributed by atoms with Gasteiger partial charge in [-0.25, -0.2) is 14.8 Å². The number of esters is 1. The van der Waals surface area contributed by atoms with Crippen LogP contribution in [0, 0.1) is 6.92 Å². The van der Waals surface area contributed by atoms with Gasteiger partial charge in [0.05, 0.1) is 40.0 Å². The summed E-state index contributed by atoms with van der Waals surface area (Å²) >= 11 is 5.84. The van der Waals surface area contributed by atoms with Crippen LogP contribution in [-0.4, -0.2) is 34.2 Å². The quantitative estimate of drug-likeness (QED) is 0.180. The molecule has 0 fully saturated rings. The van der Waals surface area contributed by atoms with Crippen LogP contribution in [0.15, 0.2) is 106 Å². The summed E-state index contributed by atoms with van der Waals surface area (Å²) in [5.41, 5.74) is 2.06. The lowest BCUT2D eigenvalue weighted by Gasteiger charge is -2.26. The second kappa shape index (κ2) is 12.9. The SMILES string of the molecule is CCOC(=O)C1=C(c2ccccc2)N=c2s/c(=C/c3cc(Br)c(Sc4nc(C)cc(=O)[nH]4)o3)c(=O)n2[C@H]1c1ccc(OC)cc1. The van der Waals surface area contributed by atoms with Crippen molar-refractivity contribution in [2.45, 2.75) is 30.1 Å². The Bertz CT molecular complexity index is 2180. The van der Waals surface area contributed by atoms with E-state index in [1.165, 1.54) is 22.0 Å². The fraction of sp³-hybridized carbons (Fsp3) is 0.156. The number of hydrogen-bond donors (Lipinski definition) is 1. The second-order valence-corrected chi connectivity index (χ2v) is 12.6. The largest absolute Gasteiger partial charge is 0.497 e. The molecule has 1 aliphatic heterocycles. The van der Waals surface area contributed by atoms with Crippen LogP contribution in [0.5, 0.6) is 5.75 Å². The Hall–Kier alpha value is -4.46. The van der Waals surface area contributed by atoms with Gasteiger partial charge in [-0.1, -0.05) is 53.8 Å². The predicted octanol–water partition coefficient (Wildman–Crippen LogP) is 4.84. The molecule has 6 rings (SSSR count). The van der Waals surface area contributed by atoms with Crippen LogP contribution in [0.4, 0.5) is 0 Å². The summed E-state index contributed by atoms with van der Waals surface area (Å²) < 4.78 is 19.4. The maximum absolute atomic E-state index is 14.1. The topological polar surface area (TPSA) is 129 Å². The molecule has 13 heteroatoms. The Morgan fingerprint density at radius 3 is 2.60 bits per heavy atom. The lowest BCUT2D eigenvalue weighted by molar-refractivity contribution is -0.138. The number of nitrogens with zero attached hydrogens (tertiary/aromatic N) is 3. The highest BCUT2D eigenvalue weighted by Gasteiger charge is 2.35. The zero-order valence-corrected chi connectivity index (χ0v) is 27.4. The number of carbonyl (C=O) groups excluding carboxylic acids is 1. The first-order valence-corrected chi connectivity index (χ1v) is 16.2. The zero-order chi connectivity index (χ0) is 31.7. The van der Waals surface area contributed by atoms with Gasteiger partial charge in [0.1, 0.15) is 11.5 Å². The molecule has 0 spiro atoms. The summed E-state index contributed by atoms with van der Waals surface area (Å²) in [5, 5.41) is 0.829. The van der Waals surface area contributed by atoms with E-state index >= 15 is 0 Å². The third kappa shape index (κ3) is 6.23. The number of furan rings is 1. The van der Waals surface area contributed by atoms with Gasteiger partial charge in [-0.2, -0.15) is 0 Å². The molecule has 0 amide bonds. The number of methoxy groups -OCH3 is 1. The minimum absolute atomic E-state index is 0.157. The molecule has 0 unspecified atom stereocenters. The molecular weight excluding hydrogens is 680 g/mol. The van der Waals surface area contributed by atoms with Crippen LogP contribution >= 0.6 is 39.0 Å². The van der Waals surface area contributed by atoms with Crippen LogP contribution < -0.4 is 25.2 Å². The summed E-state index contributed by atoms with van der Waals surface area (Å²) in [7, 11) is 1.57. The van der Waals surface area contributed by atoms with Crippen LogP contribution in [-0.2, 0) is 9.53 Å². The van der Waals surface area contributed by atoms with Crippen molar-refractivity contribution in [2.24, 2.45) is 4.99 Å². The number of rotatable bonds is 8. The molecule has 0 bridgehead atoms. The third-order valence-electron chi connectivity index (χ3n) is 6.79. The van der Waals surface area contributed by atoms with Crippen molar-refractivity contribution in [3.63, 3.8) is 0 Å². The van der Waals surface area contributed by atoms with Gasteiger partial charge >= 0.3 is 5.97 Å². The summed E-state index contributed by atoms with van der Waals surface area (Å²) in [6.07, 6.45) is 1.63. The van der Waals surface area contributed by atoms with E-state index in [9.17, 15) is 14.4 Å². The summed E-state index contributed by atoms with van der Waals surface area (Å²) in [6, 6.07) is 18.9. The van der Waals surface area contributed by atoms with Crippen molar-refractivity contribution in [3.05, 3.63) is 129 Å². The molecular formula is C32H25BrN4O6S2. The number of fused-ring (bicyclic) bond motifs is 1.